The molecule has 2 aromatic rings. The Bertz CT molecular complexity index is 607. The van der Waals surface area contributed by atoms with Crippen LogP contribution in [0.4, 0.5) is 0 Å². The summed E-state index contributed by atoms with van der Waals surface area (Å²) in [5.74, 6) is 0.408. The molecular formula is C13H16N2O2. The predicted octanol–water partition coefficient (Wildman–Crippen LogP) is 2.33. The molecule has 0 amide bonds. The van der Waals surface area contributed by atoms with Gasteiger partial charge in [-0.2, -0.15) is 0 Å². The number of carbonyl (C=O) groups is 1. The molecule has 4 heteroatoms. The number of fused-ring (bicyclic) bond motifs is 1. The van der Waals surface area contributed by atoms with Gasteiger partial charge in [-0.3, -0.25) is 4.79 Å². The Morgan fingerprint density at radius 1 is 1.12 bits per heavy atom. The molecule has 0 radical (unpaired) electrons. The number of H-pyrrole nitrogens is 2. The lowest BCUT2D eigenvalue weighted by Gasteiger charge is -2.13. The van der Waals surface area contributed by atoms with Crippen molar-refractivity contribution in [2.24, 2.45) is 11.8 Å². The van der Waals surface area contributed by atoms with Crippen LogP contribution in [0, 0.1) is 11.8 Å². The first kappa shape index (κ1) is 11.6. The number of Topliss-reactive ketones (excluding diaryl/α,β-unsaturated/α-hetero) is 1. The van der Waals surface area contributed by atoms with Gasteiger partial charge < -0.3 is 9.97 Å². The van der Waals surface area contributed by atoms with Crippen molar-refractivity contribution in [1.29, 1.82) is 0 Å². The summed E-state index contributed by atoms with van der Waals surface area (Å²) in [4.78, 5) is 28.6. The lowest BCUT2D eigenvalue weighted by Crippen LogP contribution is -2.16. The van der Waals surface area contributed by atoms with Crippen molar-refractivity contribution in [2.75, 3.05) is 0 Å². The molecular weight excluding hydrogens is 216 g/mol. The molecule has 1 aromatic carbocycles. The van der Waals surface area contributed by atoms with Gasteiger partial charge in [-0.05, 0) is 24.1 Å². The Kier molecular flexibility index (Phi) is 2.88. The monoisotopic (exact) mass is 232 g/mol. The van der Waals surface area contributed by atoms with Gasteiger partial charge >= 0.3 is 5.69 Å². The third-order valence-corrected chi connectivity index (χ3v) is 3.21. The largest absolute Gasteiger partial charge is 0.323 e. The van der Waals surface area contributed by atoms with Gasteiger partial charge in [-0.1, -0.05) is 20.8 Å². The van der Waals surface area contributed by atoms with Crippen LogP contribution < -0.4 is 5.69 Å². The average Bonchev–Trinajstić information content (AvgIpc) is 2.65. The summed E-state index contributed by atoms with van der Waals surface area (Å²) in [7, 11) is 0. The van der Waals surface area contributed by atoms with Crippen molar-refractivity contribution in [1.82, 2.24) is 9.97 Å². The van der Waals surface area contributed by atoms with Gasteiger partial charge in [0.2, 0.25) is 0 Å². The van der Waals surface area contributed by atoms with Crippen LogP contribution in [-0.2, 0) is 0 Å². The summed E-state index contributed by atoms with van der Waals surface area (Å²) >= 11 is 0. The van der Waals surface area contributed by atoms with Crippen LogP contribution in [0.15, 0.2) is 23.0 Å². The first-order chi connectivity index (χ1) is 7.99. The van der Waals surface area contributed by atoms with E-state index in [2.05, 4.69) is 9.97 Å². The van der Waals surface area contributed by atoms with Crippen molar-refractivity contribution in [3.8, 4) is 0 Å². The summed E-state index contributed by atoms with van der Waals surface area (Å²) in [6.07, 6.45) is 0. The normalized spacial score (nSPS) is 13.2. The van der Waals surface area contributed by atoms with Crippen LogP contribution >= 0.6 is 0 Å². The molecule has 1 atom stereocenters. The molecule has 0 aliphatic heterocycles. The Balaban J connectivity index is 2.42. The summed E-state index contributed by atoms with van der Waals surface area (Å²) in [6.45, 7) is 5.98. The standard InChI is InChI=1S/C13H16N2O2/c1-7(2)8(3)12(16)9-4-5-10-11(6-9)15-13(17)14-10/h4-8H,1-3H3,(H2,14,15,17). The minimum Gasteiger partial charge on any atom is -0.306 e. The Labute approximate surface area is 99.1 Å². The number of carbonyl (C=O) groups excluding carboxylic acids is 1. The van der Waals surface area contributed by atoms with Gasteiger partial charge in [0, 0.05) is 11.5 Å². The number of nitrogens with one attached hydrogen (secondary N) is 2. The van der Waals surface area contributed by atoms with E-state index in [-0.39, 0.29) is 17.4 Å². The molecule has 0 fully saturated rings. The van der Waals surface area contributed by atoms with Crippen LogP contribution in [0.2, 0.25) is 0 Å². The van der Waals surface area contributed by atoms with E-state index < -0.39 is 0 Å². The Morgan fingerprint density at radius 2 is 1.76 bits per heavy atom. The van der Waals surface area contributed by atoms with Crippen LogP contribution in [0.3, 0.4) is 0 Å². The number of aromatic nitrogens is 2. The molecule has 1 aromatic heterocycles. The maximum Gasteiger partial charge on any atom is 0.323 e. The zero-order chi connectivity index (χ0) is 12.6. The highest BCUT2D eigenvalue weighted by Gasteiger charge is 2.18. The van der Waals surface area contributed by atoms with E-state index in [4.69, 9.17) is 0 Å². The maximum atomic E-state index is 12.1. The number of imidazole rings is 1. The zero-order valence-electron chi connectivity index (χ0n) is 10.2. The molecule has 2 rings (SSSR count). The molecule has 90 valence electrons. The van der Waals surface area contributed by atoms with Gasteiger partial charge in [0.1, 0.15) is 0 Å². The second-order valence-electron chi connectivity index (χ2n) is 4.74. The van der Waals surface area contributed by atoms with E-state index in [9.17, 15) is 9.59 Å². The van der Waals surface area contributed by atoms with E-state index >= 15 is 0 Å². The quantitative estimate of drug-likeness (QED) is 0.797. The number of ketones is 1. The number of hydrogen-bond acceptors (Lipinski definition) is 2. The smallest absolute Gasteiger partial charge is 0.306 e. The minimum atomic E-state index is -0.249. The molecule has 0 aliphatic carbocycles. The topological polar surface area (TPSA) is 65.7 Å². The number of benzene rings is 1. The zero-order valence-corrected chi connectivity index (χ0v) is 10.2. The lowest BCUT2D eigenvalue weighted by atomic mass is 9.90. The Morgan fingerprint density at radius 3 is 2.41 bits per heavy atom. The summed E-state index contributed by atoms with van der Waals surface area (Å²) in [6, 6.07) is 5.25. The third kappa shape index (κ3) is 2.16. The van der Waals surface area contributed by atoms with Gasteiger partial charge in [0.05, 0.1) is 11.0 Å². The molecule has 2 N–H and O–H groups in total. The fourth-order valence-electron chi connectivity index (χ4n) is 1.75. The highest BCUT2D eigenvalue weighted by molar-refractivity contribution is 6.00. The van der Waals surface area contributed by atoms with Crippen molar-refractivity contribution in [3.63, 3.8) is 0 Å². The van der Waals surface area contributed by atoms with E-state index in [1.807, 2.05) is 20.8 Å². The molecule has 17 heavy (non-hydrogen) atoms. The van der Waals surface area contributed by atoms with Gasteiger partial charge in [-0.25, -0.2) is 4.79 Å². The number of aromatic amines is 2. The molecule has 0 spiro atoms. The SMILES string of the molecule is CC(C)C(C)C(=O)c1ccc2[nH]c(=O)[nH]c2c1. The first-order valence-corrected chi connectivity index (χ1v) is 5.75. The summed E-state index contributed by atoms with van der Waals surface area (Å²) in [5, 5.41) is 0. The fourth-order valence-corrected chi connectivity index (χ4v) is 1.75. The van der Waals surface area contributed by atoms with Crippen molar-refractivity contribution >= 4 is 16.8 Å². The second-order valence-corrected chi connectivity index (χ2v) is 4.74. The van der Waals surface area contributed by atoms with E-state index in [1.54, 1.807) is 18.2 Å². The average molecular weight is 232 g/mol. The van der Waals surface area contributed by atoms with Gasteiger partial charge in [0.15, 0.2) is 5.78 Å². The highest BCUT2D eigenvalue weighted by Crippen LogP contribution is 2.18. The molecule has 4 nitrogen and oxygen atoms in total. The fraction of sp³-hybridized carbons (Fsp3) is 0.385. The van der Waals surface area contributed by atoms with Gasteiger partial charge in [0.25, 0.3) is 0 Å². The number of hydrogen-bond donors (Lipinski definition) is 2. The van der Waals surface area contributed by atoms with Crippen molar-refractivity contribution < 1.29 is 4.79 Å². The van der Waals surface area contributed by atoms with Crippen molar-refractivity contribution in [3.05, 3.63) is 34.2 Å². The Hall–Kier alpha value is -1.84. The highest BCUT2D eigenvalue weighted by atomic mass is 16.1. The van der Waals surface area contributed by atoms with Crippen LogP contribution in [0.1, 0.15) is 31.1 Å². The summed E-state index contributed by atoms with van der Waals surface area (Å²) < 4.78 is 0. The van der Waals surface area contributed by atoms with E-state index in [1.165, 1.54) is 0 Å². The number of rotatable bonds is 3. The molecule has 1 heterocycles. The van der Waals surface area contributed by atoms with Crippen LogP contribution in [-0.4, -0.2) is 15.8 Å². The maximum absolute atomic E-state index is 12.1. The predicted molar refractivity (Wildman–Crippen MR) is 67.3 cm³/mol. The molecule has 0 aliphatic rings. The molecule has 0 saturated heterocycles. The van der Waals surface area contributed by atoms with Gasteiger partial charge in [-0.15, -0.1) is 0 Å². The molecule has 1 unspecified atom stereocenters. The van der Waals surface area contributed by atoms with E-state index in [0.29, 0.717) is 17.0 Å². The van der Waals surface area contributed by atoms with Crippen molar-refractivity contribution in [2.45, 2.75) is 20.8 Å². The van der Waals surface area contributed by atoms with E-state index in [0.717, 1.165) is 5.52 Å². The minimum absolute atomic E-state index is 0.0156. The lowest BCUT2D eigenvalue weighted by molar-refractivity contribution is 0.0900. The second kappa shape index (κ2) is 4.20. The molecule has 0 bridgehead atoms. The third-order valence-electron chi connectivity index (χ3n) is 3.21. The summed E-state index contributed by atoms with van der Waals surface area (Å²) in [5.41, 5.74) is 1.80. The van der Waals surface area contributed by atoms with Crippen LogP contribution in [0.25, 0.3) is 11.0 Å². The van der Waals surface area contributed by atoms with Crippen LogP contribution in [0.5, 0.6) is 0 Å². The first-order valence-electron chi connectivity index (χ1n) is 5.75. The molecule has 0 saturated carbocycles.